The number of rotatable bonds is 3. The van der Waals surface area contributed by atoms with Crippen LogP contribution >= 0.6 is 0 Å². The van der Waals surface area contributed by atoms with Crippen LogP contribution in [0, 0.1) is 12.7 Å². The second kappa shape index (κ2) is 6.40. The molecule has 4 heteroatoms. The van der Waals surface area contributed by atoms with Crippen molar-refractivity contribution in [2.45, 2.75) is 13.5 Å². The molecule has 2 nitrogen and oxygen atoms in total. The van der Waals surface area contributed by atoms with Crippen LogP contribution in [0.2, 0.25) is 0 Å². The zero-order chi connectivity index (χ0) is 12.3. The van der Waals surface area contributed by atoms with E-state index >= 15 is 0 Å². The van der Waals surface area contributed by atoms with Crippen molar-refractivity contribution in [3.8, 4) is 0 Å². The molecule has 0 unspecified atom stereocenters. The molecule has 18 heavy (non-hydrogen) atoms. The first kappa shape index (κ1) is 14.5. The van der Waals surface area contributed by atoms with Crippen molar-refractivity contribution in [2.24, 2.45) is 0 Å². The first-order valence-electron chi connectivity index (χ1n) is 5.39. The molecule has 0 spiro atoms. The molecule has 1 heterocycles. The molecule has 0 radical (unpaired) electrons. The molecule has 0 amide bonds. The number of carbonyl (C=O) groups excluding carboxylic acids is 1. The van der Waals surface area contributed by atoms with Gasteiger partial charge in [-0.15, -0.1) is 0 Å². The second-order valence-electron chi connectivity index (χ2n) is 3.98. The van der Waals surface area contributed by atoms with Crippen molar-refractivity contribution in [3.63, 3.8) is 0 Å². The van der Waals surface area contributed by atoms with E-state index in [-0.39, 0.29) is 35.1 Å². The van der Waals surface area contributed by atoms with Crippen molar-refractivity contribution in [2.75, 3.05) is 0 Å². The van der Waals surface area contributed by atoms with Crippen molar-refractivity contribution in [1.29, 1.82) is 0 Å². The van der Waals surface area contributed by atoms with Gasteiger partial charge in [0.15, 0.2) is 12.4 Å². The molecule has 0 aliphatic heterocycles. The van der Waals surface area contributed by atoms with E-state index in [1.807, 2.05) is 31.5 Å². The smallest absolute Gasteiger partial charge is 0.227 e. The Balaban J connectivity index is 0.00000162. The van der Waals surface area contributed by atoms with Crippen LogP contribution in [0.4, 0.5) is 4.39 Å². The normalized spacial score (nSPS) is 9.67. The lowest BCUT2D eigenvalue weighted by atomic mass is 10.1. The van der Waals surface area contributed by atoms with Crippen molar-refractivity contribution in [1.82, 2.24) is 0 Å². The quantitative estimate of drug-likeness (QED) is 0.543. The highest BCUT2D eigenvalue weighted by molar-refractivity contribution is 5.94. The standard InChI is InChI=1S/C14H13FNO.BrH/c1-11-6-8-16(9-7-11)10-14(17)12-2-4-13(15)5-3-12;/h2-9H,10H2,1H3;1H/q+1;/p-1. The van der Waals surface area contributed by atoms with Crippen molar-refractivity contribution in [3.05, 3.63) is 65.7 Å². The maximum absolute atomic E-state index is 12.7. The van der Waals surface area contributed by atoms with Gasteiger partial charge in [-0.2, -0.15) is 4.57 Å². The average molecular weight is 310 g/mol. The number of aryl methyl sites for hydroxylation is 1. The number of nitrogens with zero attached hydrogens (tertiary/aromatic N) is 1. The highest BCUT2D eigenvalue weighted by atomic mass is 79.9. The summed E-state index contributed by atoms with van der Waals surface area (Å²) in [5.74, 6) is -0.358. The zero-order valence-corrected chi connectivity index (χ0v) is 11.5. The van der Waals surface area contributed by atoms with Gasteiger partial charge in [0.25, 0.3) is 0 Å². The minimum Gasteiger partial charge on any atom is -1.00 e. The summed E-state index contributed by atoms with van der Waals surface area (Å²) in [5.41, 5.74) is 1.68. The fraction of sp³-hybridized carbons (Fsp3) is 0.143. The van der Waals surface area contributed by atoms with Gasteiger partial charge in [-0.05, 0) is 36.8 Å². The summed E-state index contributed by atoms with van der Waals surface area (Å²) in [5, 5.41) is 0. The molecule has 0 saturated carbocycles. The van der Waals surface area contributed by atoms with Crippen LogP contribution < -0.4 is 21.5 Å². The summed E-state index contributed by atoms with van der Waals surface area (Å²) >= 11 is 0. The maximum atomic E-state index is 12.7. The van der Waals surface area contributed by atoms with Crippen LogP contribution in [0.25, 0.3) is 0 Å². The molecule has 0 aliphatic rings. The summed E-state index contributed by atoms with van der Waals surface area (Å²) in [7, 11) is 0. The number of ketones is 1. The Morgan fingerprint density at radius 3 is 2.22 bits per heavy atom. The molecule has 0 aliphatic carbocycles. The molecular formula is C14H13BrFNO. The van der Waals surface area contributed by atoms with Gasteiger partial charge >= 0.3 is 0 Å². The lowest BCUT2D eigenvalue weighted by Gasteiger charge is -1.98. The van der Waals surface area contributed by atoms with Crippen LogP contribution in [-0.2, 0) is 6.54 Å². The van der Waals surface area contributed by atoms with Gasteiger partial charge in [-0.1, -0.05) is 0 Å². The third-order valence-corrected chi connectivity index (χ3v) is 2.55. The lowest BCUT2D eigenvalue weighted by Crippen LogP contribution is -3.00. The van der Waals surface area contributed by atoms with Crippen LogP contribution in [0.5, 0.6) is 0 Å². The summed E-state index contributed by atoms with van der Waals surface area (Å²) in [6.07, 6.45) is 3.72. The van der Waals surface area contributed by atoms with Gasteiger partial charge in [0.1, 0.15) is 5.82 Å². The number of aromatic nitrogens is 1. The Morgan fingerprint density at radius 1 is 1.11 bits per heavy atom. The van der Waals surface area contributed by atoms with E-state index in [0.717, 1.165) is 5.56 Å². The SMILES string of the molecule is Cc1cc[n+](CC(=O)c2ccc(F)cc2)cc1.[Br-]. The first-order valence-corrected chi connectivity index (χ1v) is 5.39. The summed E-state index contributed by atoms with van der Waals surface area (Å²) in [6, 6.07) is 9.49. The fourth-order valence-corrected chi connectivity index (χ4v) is 1.53. The Bertz CT molecular complexity index is 522. The fourth-order valence-electron chi connectivity index (χ4n) is 1.53. The van der Waals surface area contributed by atoms with E-state index < -0.39 is 0 Å². The predicted molar refractivity (Wildman–Crippen MR) is 62.1 cm³/mol. The Hall–Kier alpha value is -1.55. The van der Waals surface area contributed by atoms with Crippen LogP contribution in [0.1, 0.15) is 15.9 Å². The maximum Gasteiger partial charge on any atom is 0.227 e. The Kier molecular flexibility index (Phi) is 5.16. The van der Waals surface area contributed by atoms with Gasteiger partial charge in [0, 0.05) is 17.7 Å². The molecule has 1 aromatic heterocycles. The highest BCUT2D eigenvalue weighted by Crippen LogP contribution is 2.03. The lowest BCUT2D eigenvalue weighted by molar-refractivity contribution is -0.683. The second-order valence-corrected chi connectivity index (χ2v) is 3.98. The monoisotopic (exact) mass is 309 g/mol. The van der Waals surface area contributed by atoms with Gasteiger partial charge < -0.3 is 17.0 Å². The summed E-state index contributed by atoms with van der Waals surface area (Å²) in [6.45, 7) is 2.26. The number of benzene rings is 1. The number of pyridine rings is 1. The molecule has 0 N–H and O–H groups in total. The molecule has 94 valence electrons. The van der Waals surface area contributed by atoms with E-state index in [9.17, 15) is 9.18 Å². The molecule has 0 fully saturated rings. The summed E-state index contributed by atoms with van der Waals surface area (Å²) in [4.78, 5) is 11.9. The first-order chi connectivity index (χ1) is 8.15. The number of halogens is 2. The number of hydrogen-bond acceptors (Lipinski definition) is 1. The molecule has 2 aromatic rings. The largest absolute Gasteiger partial charge is 1.00 e. The van der Waals surface area contributed by atoms with E-state index in [0.29, 0.717) is 5.56 Å². The Morgan fingerprint density at radius 2 is 1.67 bits per heavy atom. The third kappa shape index (κ3) is 3.74. The number of carbonyl (C=O) groups is 1. The topological polar surface area (TPSA) is 20.9 Å². The molecule has 2 rings (SSSR count). The van der Waals surface area contributed by atoms with Gasteiger partial charge in [0.2, 0.25) is 12.3 Å². The number of hydrogen-bond donors (Lipinski definition) is 0. The average Bonchev–Trinajstić information content (AvgIpc) is 2.33. The molecular weight excluding hydrogens is 297 g/mol. The van der Waals surface area contributed by atoms with Gasteiger partial charge in [0.05, 0.1) is 0 Å². The molecule has 0 atom stereocenters. The third-order valence-electron chi connectivity index (χ3n) is 2.55. The van der Waals surface area contributed by atoms with Gasteiger partial charge in [-0.25, -0.2) is 4.39 Å². The van der Waals surface area contributed by atoms with Crippen LogP contribution in [0.15, 0.2) is 48.8 Å². The molecule has 0 saturated heterocycles. The van der Waals surface area contributed by atoms with Crippen molar-refractivity contribution < 1.29 is 30.7 Å². The zero-order valence-electron chi connectivity index (χ0n) is 9.94. The van der Waals surface area contributed by atoms with Crippen LogP contribution in [0.3, 0.4) is 0 Å². The Labute approximate surface area is 116 Å². The summed E-state index contributed by atoms with van der Waals surface area (Å²) < 4.78 is 14.5. The minimum absolute atomic E-state index is 0. The predicted octanol–water partition coefficient (Wildman–Crippen LogP) is -0.691. The highest BCUT2D eigenvalue weighted by Gasteiger charge is 2.11. The van der Waals surface area contributed by atoms with E-state index in [1.54, 1.807) is 4.57 Å². The van der Waals surface area contributed by atoms with E-state index in [2.05, 4.69) is 0 Å². The molecule has 0 bridgehead atoms. The molecule has 1 aromatic carbocycles. The van der Waals surface area contributed by atoms with Gasteiger partial charge in [-0.3, -0.25) is 4.79 Å². The van der Waals surface area contributed by atoms with E-state index in [1.165, 1.54) is 24.3 Å². The minimum atomic E-state index is -0.329. The van der Waals surface area contributed by atoms with Crippen molar-refractivity contribution >= 4 is 5.78 Å². The number of Topliss-reactive ketones (excluding diaryl/α,β-unsaturated/α-hetero) is 1. The van der Waals surface area contributed by atoms with E-state index in [4.69, 9.17) is 0 Å². The van der Waals surface area contributed by atoms with Crippen LogP contribution in [-0.4, -0.2) is 5.78 Å².